The quantitative estimate of drug-likeness (QED) is 0.572. The lowest BCUT2D eigenvalue weighted by Gasteiger charge is -2.33. The molecule has 2 rings (SSSR count). The predicted molar refractivity (Wildman–Crippen MR) is 43.4 cm³/mol. The molecule has 2 saturated heterocycles. The first kappa shape index (κ1) is 7.53. The van der Waals surface area contributed by atoms with Crippen molar-refractivity contribution in [2.24, 2.45) is 5.73 Å². The molecule has 64 valence electrons. The molecular weight excluding hydrogens is 140 g/mol. The highest BCUT2D eigenvalue weighted by Gasteiger charge is 2.34. The molecule has 0 bridgehead atoms. The van der Waals surface area contributed by atoms with E-state index in [0.29, 0.717) is 12.1 Å². The van der Waals surface area contributed by atoms with Crippen molar-refractivity contribution in [3.05, 3.63) is 0 Å². The minimum Gasteiger partial charge on any atom is -0.378 e. The third kappa shape index (κ3) is 1.28. The lowest BCUT2D eigenvalue weighted by atomic mass is 10.2. The molecule has 3 nitrogen and oxygen atoms in total. The molecule has 2 N–H and O–H groups in total. The van der Waals surface area contributed by atoms with Gasteiger partial charge in [-0.2, -0.15) is 0 Å². The van der Waals surface area contributed by atoms with Gasteiger partial charge in [-0.15, -0.1) is 0 Å². The van der Waals surface area contributed by atoms with E-state index in [4.69, 9.17) is 10.5 Å². The molecule has 2 heterocycles. The summed E-state index contributed by atoms with van der Waals surface area (Å²) in [6, 6.07) is 1.32. The molecule has 2 aliphatic heterocycles. The zero-order valence-electron chi connectivity index (χ0n) is 6.83. The van der Waals surface area contributed by atoms with Crippen LogP contribution in [0.25, 0.3) is 0 Å². The van der Waals surface area contributed by atoms with E-state index >= 15 is 0 Å². The highest BCUT2D eigenvalue weighted by Crippen LogP contribution is 2.25. The van der Waals surface area contributed by atoms with Crippen LogP contribution in [-0.2, 0) is 4.74 Å². The maximum Gasteiger partial charge on any atom is 0.0622 e. The SMILES string of the molecule is NC[C@H]1CC[C@@H]2COCCN21. The van der Waals surface area contributed by atoms with Crippen LogP contribution in [0.5, 0.6) is 0 Å². The molecule has 0 saturated carbocycles. The van der Waals surface area contributed by atoms with Crippen LogP contribution >= 0.6 is 0 Å². The first-order valence-electron chi connectivity index (χ1n) is 4.45. The molecular formula is C8H16N2O. The van der Waals surface area contributed by atoms with Gasteiger partial charge in [0.15, 0.2) is 0 Å². The fraction of sp³-hybridized carbons (Fsp3) is 1.00. The van der Waals surface area contributed by atoms with E-state index in [2.05, 4.69) is 4.90 Å². The normalized spacial score (nSPS) is 39.0. The third-order valence-corrected chi connectivity index (χ3v) is 2.85. The zero-order valence-corrected chi connectivity index (χ0v) is 6.83. The number of hydrogen-bond donors (Lipinski definition) is 1. The Bertz CT molecular complexity index is 134. The molecule has 2 fully saturated rings. The number of morpholine rings is 1. The lowest BCUT2D eigenvalue weighted by Crippen LogP contribution is -2.47. The van der Waals surface area contributed by atoms with Crippen LogP contribution in [0.4, 0.5) is 0 Å². The van der Waals surface area contributed by atoms with Gasteiger partial charge in [0.25, 0.3) is 0 Å². The Morgan fingerprint density at radius 1 is 1.45 bits per heavy atom. The molecule has 3 heteroatoms. The van der Waals surface area contributed by atoms with Crippen LogP contribution in [0.15, 0.2) is 0 Å². The Labute approximate surface area is 67.5 Å². The van der Waals surface area contributed by atoms with Gasteiger partial charge in [0, 0.05) is 25.2 Å². The summed E-state index contributed by atoms with van der Waals surface area (Å²) in [4.78, 5) is 2.52. The van der Waals surface area contributed by atoms with Gasteiger partial charge in [0.05, 0.1) is 13.2 Å². The second-order valence-corrected chi connectivity index (χ2v) is 3.43. The van der Waals surface area contributed by atoms with E-state index in [9.17, 15) is 0 Å². The predicted octanol–water partition coefficient (Wildman–Crippen LogP) is -0.192. The summed E-state index contributed by atoms with van der Waals surface area (Å²) in [5, 5.41) is 0. The molecule has 0 amide bonds. The van der Waals surface area contributed by atoms with E-state index in [1.807, 2.05) is 0 Å². The van der Waals surface area contributed by atoms with Crippen molar-refractivity contribution in [2.75, 3.05) is 26.3 Å². The summed E-state index contributed by atoms with van der Waals surface area (Å²) in [5.41, 5.74) is 5.66. The molecule has 11 heavy (non-hydrogen) atoms. The molecule has 0 aromatic heterocycles. The number of rotatable bonds is 1. The van der Waals surface area contributed by atoms with Gasteiger partial charge in [-0.25, -0.2) is 0 Å². The summed E-state index contributed by atoms with van der Waals surface area (Å²) >= 11 is 0. The number of nitrogens with zero attached hydrogens (tertiary/aromatic N) is 1. The van der Waals surface area contributed by atoms with Gasteiger partial charge in [0.1, 0.15) is 0 Å². The highest BCUT2D eigenvalue weighted by molar-refractivity contribution is 4.89. The largest absolute Gasteiger partial charge is 0.378 e. The van der Waals surface area contributed by atoms with Crippen LogP contribution in [-0.4, -0.2) is 43.3 Å². The highest BCUT2D eigenvalue weighted by atomic mass is 16.5. The number of hydrogen-bond acceptors (Lipinski definition) is 3. The fourth-order valence-corrected chi connectivity index (χ4v) is 2.20. The molecule has 0 aromatic carbocycles. The Morgan fingerprint density at radius 2 is 2.36 bits per heavy atom. The van der Waals surface area contributed by atoms with Gasteiger partial charge in [0.2, 0.25) is 0 Å². The molecule has 2 atom stereocenters. The lowest BCUT2D eigenvalue weighted by molar-refractivity contribution is -0.00131. The van der Waals surface area contributed by atoms with Crippen molar-refractivity contribution in [3.8, 4) is 0 Å². The first-order valence-corrected chi connectivity index (χ1v) is 4.45. The maximum atomic E-state index is 5.66. The van der Waals surface area contributed by atoms with Crippen LogP contribution in [0.2, 0.25) is 0 Å². The molecule has 0 radical (unpaired) electrons. The summed E-state index contributed by atoms with van der Waals surface area (Å²) in [6.07, 6.45) is 2.55. The van der Waals surface area contributed by atoms with Crippen molar-refractivity contribution in [2.45, 2.75) is 24.9 Å². The maximum absolute atomic E-state index is 5.66. The van der Waals surface area contributed by atoms with Crippen molar-refractivity contribution in [1.29, 1.82) is 0 Å². The Morgan fingerprint density at radius 3 is 3.18 bits per heavy atom. The average Bonchev–Trinajstić information content (AvgIpc) is 2.47. The van der Waals surface area contributed by atoms with Crippen LogP contribution in [0.3, 0.4) is 0 Å². The van der Waals surface area contributed by atoms with Crippen molar-refractivity contribution in [3.63, 3.8) is 0 Å². The third-order valence-electron chi connectivity index (χ3n) is 2.85. The van der Waals surface area contributed by atoms with E-state index in [0.717, 1.165) is 26.3 Å². The number of nitrogens with two attached hydrogens (primary N) is 1. The molecule has 0 unspecified atom stereocenters. The van der Waals surface area contributed by atoms with E-state index in [-0.39, 0.29) is 0 Å². The van der Waals surface area contributed by atoms with Gasteiger partial charge >= 0.3 is 0 Å². The molecule has 0 aliphatic carbocycles. The van der Waals surface area contributed by atoms with Gasteiger partial charge < -0.3 is 10.5 Å². The Hall–Kier alpha value is -0.120. The monoisotopic (exact) mass is 156 g/mol. The van der Waals surface area contributed by atoms with Crippen molar-refractivity contribution < 1.29 is 4.74 Å². The summed E-state index contributed by atoms with van der Waals surface area (Å²) in [7, 11) is 0. The summed E-state index contributed by atoms with van der Waals surface area (Å²) < 4.78 is 5.39. The van der Waals surface area contributed by atoms with E-state index < -0.39 is 0 Å². The minimum atomic E-state index is 0.642. The molecule has 0 spiro atoms. The topological polar surface area (TPSA) is 38.5 Å². The Kier molecular flexibility index (Phi) is 2.11. The average molecular weight is 156 g/mol. The van der Waals surface area contributed by atoms with Crippen LogP contribution in [0, 0.1) is 0 Å². The number of fused-ring (bicyclic) bond motifs is 1. The van der Waals surface area contributed by atoms with E-state index in [1.54, 1.807) is 0 Å². The second kappa shape index (κ2) is 3.09. The number of ether oxygens (including phenoxy) is 1. The van der Waals surface area contributed by atoms with Crippen LogP contribution in [0.1, 0.15) is 12.8 Å². The summed E-state index contributed by atoms with van der Waals surface area (Å²) in [6.45, 7) is 3.73. The second-order valence-electron chi connectivity index (χ2n) is 3.43. The smallest absolute Gasteiger partial charge is 0.0622 e. The summed E-state index contributed by atoms with van der Waals surface area (Å²) in [5.74, 6) is 0. The standard InChI is InChI=1S/C8H16N2O/c9-5-7-1-2-8-6-11-4-3-10(7)8/h7-8H,1-6,9H2/t7-,8-/m1/s1. The van der Waals surface area contributed by atoms with Gasteiger partial charge in [-0.3, -0.25) is 4.90 Å². The van der Waals surface area contributed by atoms with Gasteiger partial charge in [-0.1, -0.05) is 0 Å². The molecule has 2 aliphatic rings. The minimum absolute atomic E-state index is 0.642. The molecule has 0 aromatic rings. The van der Waals surface area contributed by atoms with Crippen LogP contribution < -0.4 is 5.73 Å². The van der Waals surface area contributed by atoms with Crippen molar-refractivity contribution >= 4 is 0 Å². The van der Waals surface area contributed by atoms with Gasteiger partial charge in [-0.05, 0) is 12.8 Å². The zero-order chi connectivity index (χ0) is 7.68. The van der Waals surface area contributed by atoms with E-state index in [1.165, 1.54) is 12.8 Å². The Balaban J connectivity index is 1.98. The fourth-order valence-electron chi connectivity index (χ4n) is 2.20. The van der Waals surface area contributed by atoms with Crippen molar-refractivity contribution in [1.82, 2.24) is 4.90 Å². The first-order chi connectivity index (χ1) is 5.42.